The van der Waals surface area contributed by atoms with Gasteiger partial charge >= 0.3 is 0 Å². The van der Waals surface area contributed by atoms with Gasteiger partial charge in [-0.05, 0) is 42.0 Å². The SMILES string of the molecule is COc1ccc(C(=O)N(Cc2ccccc2)c2nc3ccc(Br)cc3s2)cc1OC. The molecule has 0 radical (unpaired) electrons. The quantitative estimate of drug-likeness (QED) is 0.342. The number of hydrogen-bond acceptors (Lipinski definition) is 5. The Balaban J connectivity index is 1.77. The largest absolute Gasteiger partial charge is 0.493 e. The van der Waals surface area contributed by atoms with Gasteiger partial charge < -0.3 is 9.47 Å². The Morgan fingerprint density at radius 2 is 1.77 bits per heavy atom. The number of hydrogen-bond donors (Lipinski definition) is 0. The number of anilines is 1. The molecule has 0 unspecified atom stereocenters. The van der Waals surface area contributed by atoms with Crippen LogP contribution in [0.5, 0.6) is 11.5 Å². The zero-order chi connectivity index (χ0) is 21.1. The molecule has 0 aliphatic rings. The molecule has 152 valence electrons. The van der Waals surface area contributed by atoms with Crippen molar-refractivity contribution < 1.29 is 14.3 Å². The lowest BCUT2D eigenvalue weighted by molar-refractivity contribution is 0.0984. The van der Waals surface area contributed by atoms with Gasteiger partial charge in [0, 0.05) is 10.0 Å². The molecule has 0 spiro atoms. The first-order valence-electron chi connectivity index (χ1n) is 9.23. The highest BCUT2D eigenvalue weighted by molar-refractivity contribution is 9.10. The van der Waals surface area contributed by atoms with Gasteiger partial charge in [-0.2, -0.15) is 0 Å². The Labute approximate surface area is 187 Å². The number of carbonyl (C=O) groups is 1. The summed E-state index contributed by atoms with van der Waals surface area (Å²) < 4.78 is 12.7. The fourth-order valence-corrected chi connectivity index (χ4v) is 4.63. The number of carbonyl (C=O) groups excluding carboxylic acids is 1. The zero-order valence-electron chi connectivity index (χ0n) is 16.5. The van der Waals surface area contributed by atoms with Gasteiger partial charge in [0.25, 0.3) is 5.91 Å². The molecule has 0 bridgehead atoms. The second kappa shape index (κ2) is 8.85. The summed E-state index contributed by atoms with van der Waals surface area (Å²) in [6, 6.07) is 21.0. The normalized spacial score (nSPS) is 10.8. The molecule has 1 aromatic heterocycles. The molecule has 1 amide bonds. The molecule has 0 aliphatic heterocycles. The Bertz CT molecular complexity index is 1190. The van der Waals surface area contributed by atoms with Crippen molar-refractivity contribution in [2.45, 2.75) is 6.54 Å². The van der Waals surface area contributed by atoms with Crippen molar-refractivity contribution in [1.29, 1.82) is 0 Å². The van der Waals surface area contributed by atoms with Crippen molar-refractivity contribution in [3.8, 4) is 11.5 Å². The van der Waals surface area contributed by atoms with Crippen LogP contribution in [0.15, 0.2) is 71.2 Å². The van der Waals surface area contributed by atoms with Crippen LogP contribution in [0.3, 0.4) is 0 Å². The van der Waals surface area contributed by atoms with Crippen LogP contribution in [0.1, 0.15) is 15.9 Å². The molecule has 0 saturated heterocycles. The van der Waals surface area contributed by atoms with Gasteiger partial charge in [0.2, 0.25) is 0 Å². The van der Waals surface area contributed by atoms with E-state index in [-0.39, 0.29) is 5.91 Å². The minimum atomic E-state index is -0.155. The van der Waals surface area contributed by atoms with Gasteiger partial charge in [0.1, 0.15) is 0 Å². The highest BCUT2D eigenvalue weighted by atomic mass is 79.9. The van der Waals surface area contributed by atoms with Crippen LogP contribution in [-0.2, 0) is 6.54 Å². The highest BCUT2D eigenvalue weighted by Gasteiger charge is 2.23. The van der Waals surface area contributed by atoms with Gasteiger partial charge in [0.15, 0.2) is 16.6 Å². The lowest BCUT2D eigenvalue weighted by atomic mass is 10.1. The summed E-state index contributed by atoms with van der Waals surface area (Å²) in [7, 11) is 3.12. The third kappa shape index (κ3) is 4.17. The Hall–Kier alpha value is -2.90. The minimum Gasteiger partial charge on any atom is -0.493 e. The molecule has 0 fully saturated rings. The number of aromatic nitrogens is 1. The topological polar surface area (TPSA) is 51.7 Å². The number of methoxy groups -OCH3 is 2. The second-order valence-corrected chi connectivity index (χ2v) is 8.48. The minimum absolute atomic E-state index is 0.155. The van der Waals surface area contributed by atoms with E-state index in [4.69, 9.17) is 14.5 Å². The van der Waals surface area contributed by atoms with E-state index in [9.17, 15) is 4.79 Å². The molecule has 7 heteroatoms. The monoisotopic (exact) mass is 482 g/mol. The first kappa shape index (κ1) is 20.4. The number of nitrogens with zero attached hydrogens (tertiary/aromatic N) is 2. The predicted octanol–water partition coefficient (Wildman–Crippen LogP) is 5.92. The van der Waals surface area contributed by atoms with Gasteiger partial charge in [-0.15, -0.1) is 0 Å². The Morgan fingerprint density at radius 1 is 1.00 bits per heavy atom. The Kier molecular flexibility index (Phi) is 6.01. The van der Waals surface area contributed by atoms with Crippen molar-refractivity contribution in [3.05, 3.63) is 82.3 Å². The summed E-state index contributed by atoms with van der Waals surface area (Å²) >= 11 is 4.99. The summed E-state index contributed by atoms with van der Waals surface area (Å²) in [4.78, 5) is 20.0. The third-order valence-electron chi connectivity index (χ3n) is 4.63. The van der Waals surface area contributed by atoms with Crippen LogP contribution in [0, 0.1) is 0 Å². The molecular formula is C23H19BrN2O3S. The van der Waals surface area contributed by atoms with Crippen LogP contribution in [-0.4, -0.2) is 25.1 Å². The van der Waals surface area contributed by atoms with E-state index in [1.54, 1.807) is 37.3 Å². The molecule has 0 saturated carbocycles. The molecule has 0 N–H and O–H groups in total. The molecule has 1 heterocycles. The first-order chi connectivity index (χ1) is 14.6. The maximum atomic E-state index is 13.5. The van der Waals surface area contributed by atoms with E-state index in [0.29, 0.717) is 28.7 Å². The summed E-state index contributed by atoms with van der Waals surface area (Å²) in [5, 5.41) is 0.645. The number of rotatable bonds is 6. The van der Waals surface area contributed by atoms with Crippen LogP contribution in [0.4, 0.5) is 5.13 Å². The smallest absolute Gasteiger partial charge is 0.260 e. The van der Waals surface area contributed by atoms with Crippen LogP contribution in [0.25, 0.3) is 10.2 Å². The lowest BCUT2D eigenvalue weighted by Gasteiger charge is -2.21. The van der Waals surface area contributed by atoms with Gasteiger partial charge in [0.05, 0.1) is 31.0 Å². The predicted molar refractivity (Wildman–Crippen MR) is 124 cm³/mol. The van der Waals surface area contributed by atoms with E-state index in [1.807, 2.05) is 48.5 Å². The van der Waals surface area contributed by atoms with E-state index >= 15 is 0 Å². The van der Waals surface area contributed by atoms with E-state index in [1.165, 1.54) is 11.3 Å². The molecule has 0 aliphatic carbocycles. The van der Waals surface area contributed by atoms with E-state index < -0.39 is 0 Å². The van der Waals surface area contributed by atoms with Gasteiger partial charge in [-0.3, -0.25) is 9.69 Å². The average Bonchev–Trinajstić information content (AvgIpc) is 3.20. The molecule has 5 nitrogen and oxygen atoms in total. The fourth-order valence-electron chi connectivity index (χ4n) is 3.12. The first-order valence-corrected chi connectivity index (χ1v) is 10.8. The standard InChI is InChI=1S/C23H19BrN2O3S/c1-28-19-11-8-16(12-20(19)29-2)22(27)26(14-15-6-4-3-5-7-15)23-25-18-10-9-17(24)13-21(18)30-23/h3-13H,14H2,1-2H3. The molecule has 4 aromatic rings. The Morgan fingerprint density at radius 3 is 2.50 bits per heavy atom. The van der Waals surface area contributed by atoms with Crippen molar-refractivity contribution in [3.63, 3.8) is 0 Å². The number of amides is 1. The molecule has 30 heavy (non-hydrogen) atoms. The van der Waals surface area contributed by atoms with Crippen molar-refractivity contribution in [1.82, 2.24) is 4.98 Å². The average molecular weight is 483 g/mol. The second-order valence-electron chi connectivity index (χ2n) is 6.56. The number of fused-ring (bicyclic) bond motifs is 1. The summed E-state index contributed by atoms with van der Waals surface area (Å²) in [5.41, 5.74) is 2.38. The van der Waals surface area contributed by atoms with Crippen molar-refractivity contribution in [2.24, 2.45) is 0 Å². The summed E-state index contributed by atoms with van der Waals surface area (Å²) in [5.74, 6) is 0.933. The van der Waals surface area contributed by atoms with E-state index in [0.717, 1.165) is 20.3 Å². The summed E-state index contributed by atoms with van der Waals surface area (Å²) in [6.45, 7) is 0.412. The molecular weight excluding hydrogens is 464 g/mol. The van der Waals surface area contributed by atoms with Crippen LogP contribution < -0.4 is 14.4 Å². The highest BCUT2D eigenvalue weighted by Crippen LogP contribution is 2.34. The van der Waals surface area contributed by atoms with Crippen molar-refractivity contribution in [2.75, 3.05) is 19.1 Å². The van der Waals surface area contributed by atoms with Crippen LogP contribution >= 0.6 is 27.3 Å². The van der Waals surface area contributed by atoms with Crippen molar-refractivity contribution >= 4 is 48.5 Å². The van der Waals surface area contributed by atoms with E-state index in [2.05, 4.69) is 15.9 Å². The number of benzene rings is 3. The van der Waals surface area contributed by atoms with Gasteiger partial charge in [-0.1, -0.05) is 57.6 Å². The summed E-state index contributed by atoms with van der Waals surface area (Å²) in [6.07, 6.45) is 0. The number of halogens is 1. The molecule has 0 atom stereocenters. The lowest BCUT2D eigenvalue weighted by Crippen LogP contribution is -2.30. The number of ether oxygens (including phenoxy) is 2. The fraction of sp³-hybridized carbons (Fsp3) is 0.130. The maximum absolute atomic E-state index is 13.5. The van der Waals surface area contributed by atoms with Crippen LogP contribution in [0.2, 0.25) is 0 Å². The molecule has 3 aromatic carbocycles. The molecule has 4 rings (SSSR count). The van der Waals surface area contributed by atoms with Gasteiger partial charge in [-0.25, -0.2) is 4.98 Å². The zero-order valence-corrected chi connectivity index (χ0v) is 18.9. The third-order valence-corrected chi connectivity index (χ3v) is 6.16. The maximum Gasteiger partial charge on any atom is 0.260 e. The number of thiazole rings is 1.